The van der Waals surface area contributed by atoms with E-state index in [1.807, 2.05) is 12.3 Å². The molecule has 170 valence electrons. The number of fused-ring (bicyclic) bond motifs is 1. The second-order valence-corrected chi connectivity index (χ2v) is 8.30. The molecule has 2 aromatic carbocycles. The number of para-hydroxylation sites is 2. The lowest BCUT2D eigenvalue weighted by Gasteiger charge is -2.14. The van der Waals surface area contributed by atoms with Crippen molar-refractivity contribution in [3.8, 4) is 5.75 Å². The van der Waals surface area contributed by atoms with Gasteiger partial charge < -0.3 is 9.47 Å². The maximum atomic E-state index is 13.6. The third-order valence-corrected chi connectivity index (χ3v) is 5.64. The molecule has 0 saturated heterocycles. The largest absolute Gasteiger partial charge is 0.487 e. The lowest BCUT2D eigenvalue weighted by Crippen LogP contribution is -2.13. The average Bonchev–Trinajstić information content (AvgIpc) is 3.40. The van der Waals surface area contributed by atoms with Gasteiger partial charge in [-0.25, -0.2) is 14.8 Å². The Kier molecular flexibility index (Phi) is 6.79. The van der Waals surface area contributed by atoms with Gasteiger partial charge in [0, 0.05) is 11.5 Å². The zero-order chi connectivity index (χ0) is 23.4. The fourth-order valence-electron chi connectivity index (χ4n) is 3.29. The van der Waals surface area contributed by atoms with Crippen LogP contribution in [0.2, 0.25) is 0 Å². The van der Waals surface area contributed by atoms with Gasteiger partial charge in [0.25, 0.3) is 0 Å². The molecule has 0 bridgehead atoms. The Morgan fingerprint density at radius 3 is 2.61 bits per heavy atom. The lowest BCUT2D eigenvalue weighted by atomic mass is 10.2. The highest BCUT2D eigenvalue weighted by molar-refractivity contribution is 7.09. The molecule has 4 aromatic rings. The highest BCUT2D eigenvalue weighted by atomic mass is 32.1. The van der Waals surface area contributed by atoms with Gasteiger partial charge in [0.05, 0.1) is 21.7 Å². The number of aromatic nitrogens is 3. The molecule has 0 spiro atoms. The Morgan fingerprint density at radius 2 is 1.91 bits per heavy atom. The van der Waals surface area contributed by atoms with Crippen LogP contribution in [0.4, 0.5) is 8.78 Å². The molecule has 1 unspecified atom stereocenters. The smallest absolute Gasteiger partial charge is 0.331 e. The maximum Gasteiger partial charge on any atom is 0.331 e. The van der Waals surface area contributed by atoms with Crippen molar-refractivity contribution >= 4 is 34.4 Å². The molecule has 0 aliphatic carbocycles. The van der Waals surface area contributed by atoms with Crippen LogP contribution in [0.5, 0.6) is 5.75 Å². The monoisotopic (exact) mass is 469 g/mol. The summed E-state index contributed by atoms with van der Waals surface area (Å²) in [6.45, 7) is 1.04. The van der Waals surface area contributed by atoms with Crippen LogP contribution in [0, 0.1) is 6.92 Å². The molecule has 0 N–H and O–H groups in total. The summed E-state index contributed by atoms with van der Waals surface area (Å²) in [4.78, 5) is 20.8. The zero-order valence-corrected chi connectivity index (χ0v) is 18.8. The number of imidazole rings is 1. The van der Waals surface area contributed by atoms with E-state index >= 15 is 0 Å². The number of hydrogen-bond acceptors (Lipinski definition) is 6. The fraction of sp³-hybridized carbons (Fsp3) is 0.208. The number of thiazole rings is 1. The van der Waals surface area contributed by atoms with E-state index in [4.69, 9.17) is 9.47 Å². The molecular weight excluding hydrogens is 448 g/mol. The molecule has 6 nitrogen and oxygen atoms in total. The van der Waals surface area contributed by atoms with Gasteiger partial charge in [-0.3, -0.25) is 4.57 Å². The molecule has 0 aliphatic heterocycles. The number of ether oxygens (including phenoxy) is 2. The molecule has 0 aliphatic rings. The van der Waals surface area contributed by atoms with Gasteiger partial charge in [-0.1, -0.05) is 24.3 Å². The van der Waals surface area contributed by atoms with Crippen molar-refractivity contribution in [3.63, 3.8) is 0 Å². The molecule has 0 amide bonds. The molecule has 9 heteroatoms. The molecule has 1 atom stereocenters. The molecule has 0 radical (unpaired) electrons. The third kappa shape index (κ3) is 5.43. The SMILES string of the molecule is Cc1nc(COc2ccc(/C=C/C(=O)OC(C)c3nc4ccccc4n3C(F)F)cc2)cs1. The molecule has 0 fully saturated rings. The Bertz CT molecular complexity index is 1280. The first kappa shape index (κ1) is 22.6. The van der Waals surface area contributed by atoms with E-state index in [2.05, 4.69) is 9.97 Å². The van der Waals surface area contributed by atoms with Gasteiger partial charge in [-0.15, -0.1) is 11.3 Å². The standard InChI is InChI=1S/C24H21F2N3O3S/c1-15(23-28-20-5-3-4-6-21(20)29(23)24(25)26)32-22(30)12-9-17-7-10-19(11-8-17)31-13-18-14-33-16(2)27-18/h3-12,14-15,24H,13H2,1-2H3/b12-9+. The van der Waals surface area contributed by atoms with E-state index in [0.29, 0.717) is 17.9 Å². The zero-order valence-electron chi connectivity index (χ0n) is 17.9. The van der Waals surface area contributed by atoms with Crippen molar-refractivity contribution in [3.05, 3.63) is 82.1 Å². The highest BCUT2D eigenvalue weighted by Crippen LogP contribution is 2.28. The quantitative estimate of drug-likeness (QED) is 0.231. The molecule has 4 rings (SSSR count). The predicted molar refractivity (Wildman–Crippen MR) is 122 cm³/mol. The Labute approximate surface area is 193 Å². The first-order chi connectivity index (χ1) is 15.9. The third-order valence-electron chi connectivity index (χ3n) is 4.82. The predicted octanol–water partition coefficient (Wildman–Crippen LogP) is 6.09. The number of benzene rings is 2. The molecule has 2 heterocycles. The fourth-order valence-corrected chi connectivity index (χ4v) is 3.89. The number of carbonyl (C=O) groups excluding carboxylic acids is 1. The normalized spacial score (nSPS) is 12.5. The second-order valence-electron chi connectivity index (χ2n) is 7.23. The molecule has 2 aromatic heterocycles. The summed E-state index contributed by atoms with van der Waals surface area (Å²) in [6, 6.07) is 13.7. The van der Waals surface area contributed by atoms with Crippen LogP contribution >= 0.6 is 11.3 Å². The van der Waals surface area contributed by atoms with Crippen LogP contribution < -0.4 is 4.74 Å². The number of nitrogens with zero attached hydrogens (tertiary/aromatic N) is 3. The highest BCUT2D eigenvalue weighted by Gasteiger charge is 2.23. The molecular formula is C24H21F2N3O3S. The first-order valence-electron chi connectivity index (χ1n) is 10.2. The van der Waals surface area contributed by atoms with Crippen LogP contribution in [0.25, 0.3) is 17.1 Å². The van der Waals surface area contributed by atoms with E-state index < -0.39 is 18.6 Å². The van der Waals surface area contributed by atoms with Crippen molar-refractivity contribution < 1.29 is 23.0 Å². The van der Waals surface area contributed by atoms with Gasteiger partial charge in [-0.05, 0) is 49.8 Å². The van der Waals surface area contributed by atoms with Crippen molar-refractivity contribution in [2.75, 3.05) is 0 Å². The van der Waals surface area contributed by atoms with Crippen molar-refractivity contribution in [2.24, 2.45) is 0 Å². The summed E-state index contributed by atoms with van der Waals surface area (Å²) in [5, 5.41) is 2.94. The van der Waals surface area contributed by atoms with E-state index in [1.165, 1.54) is 13.0 Å². The van der Waals surface area contributed by atoms with Crippen molar-refractivity contribution in [1.82, 2.24) is 14.5 Å². The number of aryl methyl sites for hydroxylation is 1. The van der Waals surface area contributed by atoms with E-state index in [0.717, 1.165) is 20.8 Å². The summed E-state index contributed by atoms with van der Waals surface area (Å²) in [6.07, 6.45) is 1.88. The molecule has 0 saturated carbocycles. The van der Waals surface area contributed by atoms with Crippen LogP contribution in [0.3, 0.4) is 0 Å². The first-order valence-corrected chi connectivity index (χ1v) is 11.1. The number of carbonyl (C=O) groups is 1. The second kappa shape index (κ2) is 9.91. The van der Waals surface area contributed by atoms with E-state index in [-0.39, 0.29) is 11.3 Å². The van der Waals surface area contributed by atoms with E-state index in [1.54, 1.807) is 65.9 Å². The summed E-state index contributed by atoms with van der Waals surface area (Å²) in [5.41, 5.74) is 2.33. The Morgan fingerprint density at radius 1 is 1.15 bits per heavy atom. The van der Waals surface area contributed by atoms with Gasteiger partial charge in [-0.2, -0.15) is 8.78 Å². The minimum absolute atomic E-state index is 0.00948. The van der Waals surface area contributed by atoms with Gasteiger partial charge >= 0.3 is 12.5 Å². The number of halogens is 2. The van der Waals surface area contributed by atoms with Crippen molar-refractivity contribution in [1.29, 1.82) is 0 Å². The van der Waals surface area contributed by atoms with Crippen molar-refractivity contribution in [2.45, 2.75) is 33.1 Å². The van der Waals surface area contributed by atoms with E-state index in [9.17, 15) is 13.6 Å². The Hall–Kier alpha value is -3.59. The number of alkyl halides is 2. The lowest BCUT2D eigenvalue weighted by molar-refractivity contribution is -0.143. The topological polar surface area (TPSA) is 66.2 Å². The summed E-state index contributed by atoms with van der Waals surface area (Å²) in [5.74, 6) is 0.0132. The number of rotatable bonds is 8. The maximum absolute atomic E-state index is 13.6. The van der Waals surface area contributed by atoms with Crippen LogP contribution in [-0.2, 0) is 16.1 Å². The van der Waals surface area contributed by atoms with Gasteiger partial charge in [0.2, 0.25) is 0 Å². The summed E-state index contributed by atoms with van der Waals surface area (Å²) < 4.78 is 39.0. The average molecular weight is 470 g/mol. The van der Waals surface area contributed by atoms with Gasteiger partial charge in [0.1, 0.15) is 12.4 Å². The summed E-state index contributed by atoms with van der Waals surface area (Å²) in [7, 11) is 0. The number of hydrogen-bond donors (Lipinski definition) is 0. The minimum atomic E-state index is -2.80. The van der Waals surface area contributed by atoms with Gasteiger partial charge in [0.15, 0.2) is 11.9 Å². The minimum Gasteiger partial charge on any atom is -0.487 e. The van der Waals surface area contributed by atoms with Crippen LogP contribution in [-0.4, -0.2) is 20.5 Å². The van der Waals surface area contributed by atoms with Crippen LogP contribution in [0.15, 0.2) is 60.0 Å². The summed E-state index contributed by atoms with van der Waals surface area (Å²) >= 11 is 1.57. The van der Waals surface area contributed by atoms with Crippen LogP contribution in [0.1, 0.15) is 41.7 Å². The number of esters is 1. The molecule has 33 heavy (non-hydrogen) atoms. The Balaban J connectivity index is 1.37.